The van der Waals surface area contributed by atoms with Gasteiger partial charge in [-0.1, -0.05) is 6.58 Å². The molecule has 1 saturated heterocycles. The predicted octanol–water partition coefficient (Wildman–Crippen LogP) is 2.60. The van der Waals surface area contributed by atoms with Crippen LogP contribution in [0, 0.1) is 0 Å². The Bertz CT molecular complexity index is 403. The number of alkyl carbamates (subject to hydrolysis) is 1. The van der Waals surface area contributed by atoms with E-state index in [0.717, 1.165) is 12.8 Å². The largest absolute Gasteiger partial charge is 0.449 e. The highest BCUT2D eigenvalue weighted by Gasteiger charge is 2.45. The van der Waals surface area contributed by atoms with Crippen LogP contribution in [0.3, 0.4) is 0 Å². The van der Waals surface area contributed by atoms with Crippen LogP contribution in [0.4, 0.5) is 4.79 Å². The molecule has 1 amide bonds. The highest BCUT2D eigenvalue weighted by atomic mass is 16.6. The van der Waals surface area contributed by atoms with E-state index in [4.69, 9.17) is 9.47 Å². The molecule has 0 saturated carbocycles. The van der Waals surface area contributed by atoms with Crippen molar-refractivity contribution in [1.29, 1.82) is 0 Å². The molecule has 0 aromatic carbocycles. The van der Waals surface area contributed by atoms with Crippen LogP contribution in [0.15, 0.2) is 12.2 Å². The number of hydrogen-bond donors (Lipinski definition) is 1. The number of nitrogens with one attached hydrogen (secondary N) is 1. The summed E-state index contributed by atoms with van der Waals surface area (Å²) in [5, 5.41) is 2.87. The van der Waals surface area contributed by atoms with Crippen LogP contribution in [0.25, 0.3) is 0 Å². The van der Waals surface area contributed by atoms with Gasteiger partial charge in [-0.3, -0.25) is 4.79 Å². The Kier molecular flexibility index (Phi) is 5.34. The van der Waals surface area contributed by atoms with Gasteiger partial charge in [-0.15, -0.1) is 0 Å². The molecule has 114 valence electrons. The minimum absolute atomic E-state index is 0.0644. The smallest absolute Gasteiger partial charge is 0.407 e. The van der Waals surface area contributed by atoms with Gasteiger partial charge >= 0.3 is 6.09 Å². The number of carbonyl (C=O) groups is 2. The van der Waals surface area contributed by atoms with Gasteiger partial charge in [0, 0.05) is 13.0 Å². The normalized spacial score (nSPS) is 24.8. The first-order chi connectivity index (χ1) is 9.18. The summed E-state index contributed by atoms with van der Waals surface area (Å²) in [4.78, 5) is 23.2. The molecule has 1 unspecified atom stereocenters. The molecule has 0 aromatic rings. The van der Waals surface area contributed by atoms with E-state index in [1.165, 1.54) is 0 Å². The van der Waals surface area contributed by atoms with E-state index in [2.05, 4.69) is 11.9 Å². The number of ether oxygens (including phenoxy) is 2. The van der Waals surface area contributed by atoms with Crippen molar-refractivity contribution in [2.24, 2.45) is 0 Å². The van der Waals surface area contributed by atoms with Crippen molar-refractivity contribution >= 4 is 11.9 Å². The third-order valence-corrected chi connectivity index (χ3v) is 4.03. The van der Waals surface area contributed by atoms with Gasteiger partial charge < -0.3 is 14.8 Å². The molecule has 0 radical (unpaired) electrons. The summed E-state index contributed by atoms with van der Waals surface area (Å²) in [5.74, 6) is -0.0923. The van der Waals surface area contributed by atoms with Crippen LogP contribution >= 0.6 is 0 Å². The van der Waals surface area contributed by atoms with Crippen molar-refractivity contribution < 1.29 is 19.1 Å². The van der Waals surface area contributed by atoms with E-state index in [1.54, 1.807) is 6.92 Å². The number of carbonyl (C=O) groups excluding carboxylic acids is 2. The molecule has 1 N–H and O–H groups in total. The van der Waals surface area contributed by atoms with E-state index in [0.29, 0.717) is 12.2 Å². The lowest BCUT2D eigenvalue weighted by Crippen LogP contribution is -2.63. The van der Waals surface area contributed by atoms with Gasteiger partial charge in [-0.25, -0.2) is 4.79 Å². The SMILES string of the molecule is C=C(C)C(=O)CCOC(=O)NC1(C)CCCOC1(C)C. The molecular formula is C15H25NO4. The lowest BCUT2D eigenvalue weighted by molar-refractivity contribution is -0.116. The minimum Gasteiger partial charge on any atom is -0.449 e. The second-order valence-corrected chi connectivity index (χ2v) is 6.01. The topological polar surface area (TPSA) is 64.6 Å². The van der Waals surface area contributed by atoms with Crippen LogP contribution in [-0.4, -0.2) is 36.2 Å². The Morgan fingerprint density at radius 2 is 2.00 bits per heavy atom. The maximum atomic E-state index is 11.8. The van der Waals surface area contributed by atoms with Gasteiger partial charge in [0.1, 0.15) is 6.61 Å². The molecule has 0 spiro atoms. The lowest BCUT2D eigenvalue weighted by Gasteiger charge is -2.47. The number of allylic oxidation sites excluding steroid dienone is 1. The second kappa shape index (κ2) is 6.39. The van der Waals surface area contributed by atoms with Gasteiger partial charge in [0.2, 0.25) is 0 Å². The zero-order valence-electron chi connectivity index (χ0n) is 12.9. The summed E-state index contributed by atoms with van der Waals surface area (Å²) >= 11 is 0. The zero-order chi connectivity index (χ0) is 15.4. The molecular weight excluding hydrogens is 258 g/mol. The summed E-state index contributed by atoms with van der Waals surface area (Å²) < 4.78 is 10.8. The van der Waals surface area contributed by atoms with Crippen LogP contribution in [0.2, 0.25) is 0 Å². The third kappa shape index (κ3) is 4.07. The standard InChI is InChI=1S/C15H25NO4/c1-11(2)12(17)7-10-19-13(18)16-15(5)8-6-9-20-14(15,3)4/h1,6-10H2,2-5H3,(H,16,18). The number of amides is 1. The Morgan fingerprint density at radius 1 is 1.35 bits per heavy atom. The highest BCUT2D eigenvalue weighted by molar-refractivity contribution is 5.94. The maximum absolute atomic E-state index is 11.8. The zero-order valence-corrected chi connectivity index (χ0v) is 12.9. The predicted molar refractivity (Wildman–Crippen MR) is 76.6 cm³/mol. The van der Waals surface area contributed by atoms with Crippen molar-refractivity contribution in [3.05, 3.63) is 12.2 Å². The first-order valence-electron chi connectivity index (χ1n) is 6.95. The summed E-state index contributed by atoms with van der Waals surface area (Å²) in [6, 6.07) is 0. The van der Waals surface area contributed by atoms with E-state index in [9.17, 15) is 9.59 Å². The van der Waals surface area contributed by atoms with Crippen molar-refractivity contribution in [2.75, 3.05) is 13.2 Å². The van der Waals surface area contributed by atoms with E-state index in [-0.39, 0.29) is 18.8 Å². The highest BCUT2D eigenvalue weighted by Crippen LogP contribution is 2.34. The van der Waals surface area contributed by atoms with Gasteiger partial charge in [-0.05, 0) is 46.1 Å². The maximum Gasteiger partial charge on any atom is 0.407 e. The summed E-state index contributed by atoms with van der Waals surface area (Å²) in [7, 11) is 0. The van der Waals surface area contributed by atoms with Gasteiger partial charge in [0.25, 0.3) is 0 Å². The monoisotopic (exact) mass is 283 g/mol. The van der Waals surface area contributed by atoms with E-state index < -0.39 is 17.2 Å². The minimum atomic E-state index is -0.513. The van der Waals surface area contributed by atoms with Crippen LogP contribution in [0.5, 0.6) is 0 Å². The first-order valence-corrected chi connectivity index (χ1v) is 6.95. The first kappa shape index (κ1) is 16.7. The fraction of sp³-hybridized carbons (Fsp3) is 0.733. The van der Waals surface area contributed by atoms with Crippen LogP contribution in [0.1, 0.15) is 47.0 Å². The van der Waals surface area contributed by atoms with Gasteiger partial charge in [-0.2, -0.15) is 0 Å². The van der Waals surface area contributed by atoms with Crippen LogP contribution in [-0.2, 0) is 14.3 Å². The molecule has 0 aromatic heterocycles. The molecule has 20 heavy (non-hydrogen) atoms. The van der Waals surface area contributed by atoms with Gasteiger partial charge in [0.15, 0.2) is 5.78 Å². The molecule has 1 fully saturated rings. The average Bonchev–Trinajstić information content (AvgIpc) is 2.32. The molecule has 1 aliphatic rings. The second-order valence-electron chi connectivity index (χ2n) is 6.01. The number of rotatable bonds is 5. The van der Waals surface area contributed by atoms with Crippen molar-refractivity contribution in [1.82, 2.24) is 5.32 Å². The molecule has 1 aliphatic heterocycles. The van der Waals surface area contributed by atoms with E-state index in [1.807, 2.05) is 20.8 Å². The fourth-order valence-electron chi connectivity index (χ4n) is 2.14. The Morgan fingerprint density at radius 3 is 2.55 bits per heavy atom. The Hall–Kier alpha value is -1.36. The molecule has 5 heteroatoms. The number of hydrogen-bond acceptors (Lipinski definition) is 4. The molecule has 0 aliphatic carbocycles. The van der Waals surface area contributed by atoms with E-state index >= 15 is 0 Å². The average molecular weight is 283 g/mol. The summed E-state index contributed by atoms with van der Waals surface area (Å²) in [6.45, 7) is 11.8. The number of Topliss-reactive ketones (excluding diaryl/α,β-unsaturated/α-hetero) is 1. The lowest BCUT2D eigenvalue weighted by atomic mass is 9.78. The molecule has 1 heterocycles. The fourth-order valence-corrected chi connectivity index (χ4v) is 2.14. The van der Waals surface area contributed by atoms with Crippen LogP contribution < -0.4 is 5.32 Å². The van der Waals surface area contributed by atoms with Crippen molar-refractivity contribution in [3.8, 4) is 0 Å². The Labute approximate surface area is 120 Å². The number of ketones is 1. The molecule has 5 nitrogen and oxygen atoms in total. The Balaban J connectivity index is 2.45. The van der Waals surface area contributed by atoms with Crippen molar-refractivity contribution in [2.45, 2.75) is 58.1 Å². The summed E-state index contributed by atoms with van der Waals surface area (Å²) in [5.41, 5.74) is -0.443. The van der Waals surface area contributed by atoms with Gasteiger partial charge in [0.05, 0.1) is 11.1 Å². The quantitative estimate of drug-likeness (QED) is 0.788. The third-order valence-electron chi connectivity index (χ3n) is 4.03. The summed E-state index contributed by atoms with van der Waals surface area (Å²) in [6.07, 6.45) is 1.38. The molecule has 1 rings (SSSR count). The van der Waals surface area contributed by atoms with Crippen molar-refractivity contribution in [3.63, 3.8) is 0 Å². The molecule has 1 atom stereocenters. The molecule has 0 bridgehead atoms.